The molecule has 0 atom stereocenters. The second-order valence-corrected chi connectivity index (χ2v) is 4.70. The first-order valence-electron chi connectivity index (χ1n) is 5.61. The van der Waals surface area contributed by atoms with Crippen molar-refractivity contribution in [2.45, 2.75) is 20.8 Å². The third-order valence-electron chi connectivity index (χ3n) is 2.48. The highest BCUT2D eigenvalue weighted by Crippen LogP contribution is 2.27. The van der Waals surface area contributed by atoms with Gasteiger partial charge in [-0.05, 0) is 35.9 Å². The lowest BCUT2D eigenvalue weighted by Crippen LogP contribution is -2.32. The predicted octanol–water partition coefficient (Wildman–Crippen LogP) is 1.88. The molecule has 0 radical (unpaired) electrons. The maximum Gasteiger partial charge on any atom is 0.406 e. The van der Waals surface area contributed by atoms with Crippen LogP contribution >= 0.6 is 0 Å². The second kappa shape index (κ2) is 5.64. The Labute approximate surface area is 110 Å². The lowest BCUT2D eigenvalue weighted by atomic mass is 9.95. The molecule has 0 aromatic carbocycles. The Morgan fingerprint density at radius 3 is 2.63 bits per heavy atom. The van der Waals surface area contributed by atoms with Crippen LogP contribution in [-0.4, -0.2) is 29.6 Å². The summed E-state index contributed by atoms with van der Waals surface area (Å²) in [5.74, 6) is -0.775. The van der Waals surface area contributed by atoms with Crippen LogP contribution < -0.4 is 4.74 Å². The Morgan fingerprint density at radius 1 is 1.47 bits per heavy atom. The van der Waals surface area contributed by atoms with E-state index in [1.165, 1.54) is 13.2 Å². The van der Waals surface area contributed by atoms with Gasteiger partial charge in [0.25, 0.3) is 0 Å². The van der Waals surface area contributed by atoms with E-state index in [-0.39, 0.29) is 18.2 Å². The largest absolute Gasteiger partial charge is 0.484 e. The molecule has 0 N–H and O–H groups in total. The van der Waals surface area contributed by atoms with Gasteiger partial charge in [-0.1, -0.05) is 0 Å². The molecule has 104 valence electrons. The van der Waals surface area contributed by atoms with Crippen molar-refractivity contribution in [2.75, 3.05) is 13.7 Å². The molecule has 0 bridgehead atoms. The van der Waals surface area contributed by atoms with Gasteiger partial charge in [-0.3, -0.25) is 4.79 Å². The van der Waals surface area contributed by atoms with E-state index >= 15 is 0 Å². The summed E-state index contributed by atoms with van der Waals surface area (Å²) in [4.78, 5) is 25.5. The third-order valence-corrected chi connectivity index (χ3v) is 2.48. The van der Waals surface area contributed by atoms with Crippen LogP contribution in [0.3, 0.4) is 0 Å². The van der Waals surface area contributed by atoms with E-state index in [1.807, 2.05) is 0 Å². The van der Waals surface area contributed by atoms with Crippen molar-refractivity contribution < 1.29 is 19.2 Å². The fourth-order valence-electron chi connectivity index (χ4n) is 1.37. The van der Waals surface area contributed by atoms with Gasteiger partial charge in [-0.15, -0.1) is 0 Å². The van der Waals surface area contributed by atoms with Crippen LogP contribution in [0.5, 0.6) is 5.75 Å². The molecule has 0 saturated carbocycles. The van der Waals surface area contributed by atoms with Crippen LogP contribution in [0.25, 0.3) is 0 Å². The quantitative estimate of drug-likeness (QED) is 0.460. The number of esters is 1. The Balaban J connectivity index is 2.89. The van der Waals surface area contributed by atoms with E-state index in [9.17, 15) is 14.9 Å². The van der Waals surface area contributed by atoms with Gasteiger partial charge in [0, 0.05) is 6.92 Å². The second-order valence-electron chi connectivity index (χ2n) is 4.70. The minimum Gasteiger partial charge on any atom is -0.484 e. The molecular weight excluding hydrogens is 252 g/mol. The maximum absolute atomic E-state index is 11.5. The number of nitro groups is 1. The molecule has 0 aliphatic heterocycles. The molecule has 19 heavy (non-hydrogen) atoms. The number of aromatic nitrogens is 1. The summed E-state index contributed by atoms with van der Waals surface area (Å²) in [6, 6.07) is 3.07. The average molecular weight is 268 g/mol. The zero-order chi connectivity index (χ0) is 14.6. The number of carbonyl (C=O) groups excluding carboxylic acids is 1. The standard InChI is InChI=1S/C12H16N2O5/c1-8-5-6-9(10(13-8)14(16)17)19-7-12(2,3)11(15)18-4/h5-6H,7H2,1-4H3. The SMILES string of the molecule is COC(=O)C(C)(C)COc1ccc(C)nc1[N+](=O)[O-]. The molecule has 1 rings (SSSR count). The van der Waals surface area contributed by atoms with E-state index in [4.69, 9.17) is 4.74 Å². The number of methoxy groups -OCH3 is 1. The summed E-state index contributed by atoms with van der Waals surface area (Å²) >= 11 is 0. The van der Waals surface area contributed by atoms with Gasteiger partial charge < -0.3 is 19.6 Å². The van der Waals surface area contributed by atoms with Crippen LogP contribution in [0.4, 0.5) is 5.82 Å². The summed E-state index contributed by atoms with van der Waals surface area (Å²) in [6.45, 7) is 4.87. The Hall–Kier alpha value is -2.18. The number of pyridine rings is 1. The Kier molecular flexibility index (Phi) is 4.42. The first-order valence-corrected chi connectivity index (χ1v) is 5.61. The van der Waals surface area contributed by atoms with E-state index in [0.29, 0.717) is 5.69 Å². The molecule has 0 aliphatic carbocycles. The van der Waals surface area contributed by atoms with Crippen LogP contribution in [-0.2, 0) is 9.53 Å². The Bertz CT molecular complexity index is 499. The van der Waals surface area contributed by atoms with Crippen LogP contribution in [0.15, 0.2) is 12.1 Å². The number of aryl methyl sites for hydroxylation is 1. The zero-order valence-corrected chi connectivity index (χ0v) is 11.3. The number of hydrogen-bond acceptors (Lipinski definition) is 6. The highest BCUT2D eigenvalue weighted by atomic mass is 16.6. The lowest BCUT2D eigenvalue weighted by Gasteiger charge is -2.21. The van der Waals surface area contributed by atoms with E-state index in [0.717, 1.165) is 0 Å². The van der Waals surface area contributed by atoms with Gasteiger partial charge in [-0.2, -0.15) is 0 Å². The first kappa shape index (κ1) is 14.9. The number of hydrogen-bond donors (Lipinski definition) is 0. The average Bonchev–Trinajstić information content (AvgIpc) is 2.36. The molecule has 1 aromatic heterocycles. The molecule has 7 nitrogen and oxygen atoms in total. The van der Waals surface area contributed by atoms with Crippen molar-refractivity contribution in [3.63, 3.8) is 0 Å². The van der Waals surface area contributed by atoms with E-state index in [2.05, 4.69) is 9.72 Å². The zero-order valence-electron chi connectivity index (χ0n) is 11.3. The van der Waals surface area contributed by atoms with Gasteiger partial charge in [0.1, 0.15) is 12.3 Å². The third kappa shape index (κ3) is 3.64. The molecule has 1 aromatic rings. The van der Waals surface area contributed by atoms with Crippen LogP contribution in [0.2, 0.25) is 0 Å². The van der Waals surface area contributed by atoms with E-state index < -0.39 is 16.3 Å². The lowest BCUT2D eigenvalue weighted by molar-refractivity contribution is -0.390. The number of carbonyl (C=O) groups is 1. The van der Waals surface area contributed by atoms with Crippen molar-refractivity contribution >= 4 is 11.8 Å². The van der Waals surface area contributed by atoms with Crippen LogP contribution in [0, 0.1) is 22.5 Å². The van der Waals surface area contributed by atoms with Gasteiger partial charge in [0.05, 0.1) is 12.5 Å². The molecule has 1 heterocycles. The topological polar surface area (TPSA) is 91.6 Å². The molecule has 0 spiro atoms. The minimum atomic E-state index is -0.895. The fraction of sp³-hybridized carbons (Fsp3) is 0.500. The number of nitrogens with zero attached hydrogens (tertiary/aromatic N) is 2. The molecule has 0 saturated heterocycles. The molecule has 0 unspecified atom stereocenters. The van der Waals surface area contributed by atoms with Gasteiger partial charge in [-0.25, -0.2) is 0 Å². The highest BCUT2D eigenvalue weighted by Gasteiger charge is 2.31. The summed E-state index contributed by atoms with van der Waals surface area (Å²) in [5, 5.41) is 10.9. The molecule has 0 amide bonds. The Morgan fingerprint density at radius 2 is 2.11 bits per heavy atom. The molecule has 0 aliphatic rings. The summed E-state index contributed by atoms with van der Waals surface area (Å²) in [7, 11) is 1.28. The normalized spacial score (nSPS) is 10.9. The highest BCUT2D eigenvalue weighted by molar-refractivity contribution is 5.75. The van der Waals surface area contributed by atoms with Gasteiger partial charge in [0.2, 0.25) is 5.75 Å². The maximum atomic E-state index is 11.5. The van der Waals surface area contributed by atoms with Gasteiger partial charge >= 0.3 is 11.8 Å². The number of rotatable bonds is 5. The molecular formula is C12H16N2O5. The minimum absolute atomic E-state index is 0.0348. The van der Waals surface area contributed by atoms with Crippen molar-refractivity contribution in [3.8, 4) is 5.75 Å². The summed E-state index contributed by atoms with van der Waals surface area (Å²) < 4.78 is 9.97. The van der Waals surface area contributed by atoms with Crippen molar-refractivity contribution in [3.05, 3.63) is 27.9 Å². The van der Waals surface area contributed by atoms with Crippen molar-refractivity contribution in [2.24, 2.45) is 5.41 Å². The number of ether oxygens (including phenoxy) is 2. The predicted molar refractivity (Wildman–Crippen MR) is 66.9 cm³/mol. The molecule has 7 heteroatoms. The smallest absolute Gasteiger partial charge is 0.406 e. The van der Waals surface area contributed by atoms with E-state index in [1.54, 1.807) is 26.8 Å². The fourth-order valence-corrected chi connectivity index (χ4v) is 1.37. The molecule has 0 fully saturated rings. The summed E-state index contributed by atoms with van der Waals surface area (Å²) in [5.41, 5.74) is -0.376. The monoisotopic (exact) mass is 268 g/mol. The van der Waals surface area contributed by atoms with Crippen molar-refractivity contribution in [1.82, 2.24) is 4.98 Å². The summed E-state index contributed by atoms with van der Waals surface area (Å²) in [6.07, 6.45) is 0. The first-order chi connectivity index (χ1) is 8.77. The van der Waals surface area contributed by atoms with Gasteiger partial charge in [0.15, 0.2) is 0 Å². The van der Waals surface area contributed by atoms with Crippen LogP contribution in [0.1, 0.15) is 19.5 Å². The van der Waals surface area contributed by atoms with Crippen molar-refractivity contribution in [1.29, 1.82) is 0 Å².